The van der Waals surface area contributed by atoms with Gasteiger partial charge in [0.15, 0.2) is 12.2 Å². The molecule has 0 saturated heterocycles. The predicted octanol–water partition coefficient (Wildman–Crippen LogP) is 3.89. The molecule has 138 valence electrons. The smallest absolute Gasteiger partial charge is 0.314 e. The molecule has 0 unspecified atom stereocenters. The van der Waals surface area contributed by atoms with E-state index in [4.69, 9.17) is 20.8 Å². The van der Waals surface area contributed by atoms with Crippen LogP contribution in [-0.4, -0.2) is 23.9 Å². The fourth-order valence-electron chi connectivity index (χ4n) is 2.37. The average Bonchev–Trinajstić information content (AvgIpc) is 3.19. The number of amides is 2. The standard InChI is InChI=1S/C19H16ClN3O4/c1-11-3-4-12(7-15(11)20)22-18(24)19(25)23-13-5-6-14(16(8-13)26-2)17-9-21-10-27-17/h3-10H,1-2H3,(H,22,24)(H,23,25). The summed E-state index contributed by atoms with van der Waals surface area (Å²) < 4.78 is 10.6. The van der Waals surface area contributed by atoms with Gasteiger partial charge in [-0.25, -0.2) is 4.98 Å². The Kier molecular flexibility index (Phi) is 5.42. The SMILES string of the molecule is COc1cc(NC(=O)C(=O)Nc2ccc(C)c(Cl)c2)ccc1-c1cnco1. The second-order valence-corrected chi connectivity index (χ2v) is 6.06. The molecule has 0 atom stereocenters. The van der Waals surface area contributed by atoms with Gasteiger partial charge in [-0.3, -0.25) is 9.59 Å². The van der Waals surface area contributed by atoms with E-state index >= 15 is 0 Å². The van der Waals surface area contributed by atoms with Crippen molar-refractivity contribution >= 4 is 34.8 Å². The fourth-order valence-corrected chi connectivity index (χ4v) is 2.55. The number of carbonyl (C=O) groups is 2. The zero-order chi connectivity index (χ0) is 19.4. The normalized spacial score (nSPS) is 10.3. The van der Waals surface area contributed by atoms with Crippen LogP contribution in [0.15, 0.2) is 53.4 Å². The van der Waals surface area contributed by atoms with E-state index in [-0.39, 0.29) is 0 Å². The van der Waals surface area contributed by atoms with Crippen molar-refractivity contribution in [1.29, 1.82) is 0 Å². The molecule has 1 aromatic heterocycles. The molecule has 0 aliphatic heterocycles. The minimum absolute atomic E-state index is 0.400. The zero-order valence-electron chi connectivity index (χ0n) is 14.6. The van der Waals surface area contributed by atoms with Crippen molar-refractivity contribution in [3.8, 4) is 17.1 Å². The Labute approximate surface area is 160 Å². The molecule has 0 bridgehead atoms. The maximum absolute atomic E-state index is 12.2. The number of carbonyl (C=O) groups excluding carboxylic acids is 2. The number of nitrogens with one attached hydrogen (secondary N) is 2. The van der Waals surface area contributed by atoms with Crippen LogP contribution in [0.1, 0.15) is 5.56 Å². The number of hydrogen-bond acceptors (Lipinski definition) is 5. The first-order valence-electron chi connectivity index (χ1n) is 7.93. The summed E-state index contributed by atoms with van der Waals surface area (Å²) in [6.45, 7) is 1.84. The van der Waals surface area contributed by atoms with Crippen molar-refractivity contribution in [3.05, 3.63) is 59.6 Å². The van der Waals surface area contributed by atoms with E-state index in [0.29, 0.717) is 33.5 Å². The molecule has 3 aromatic rings. The van der Waals surface area contributed by atoms with Gasteiger partial charge in [0.2, 0.25) is 0 Å². The number of oxazole rings is 1. The summed E-state index contributed by atoms with van der Waals surface area (Å²) in [4.78, 5) is 28.1. The molecule has 0 fully saturated rings. The number of aromatic nitrogens is 1. The Balaban J connectivity index is 1.71. The van der Waals surface area contributed by atoms with Gasteiger partial charge in [0.1, 0.15) is 5.75 Å². The van der Waals surface area contributed by atoms with E-state index < -0.39 is 11.8 Å². The van der Waals surface area contributed by atoms with E-state index in [0.717, 1.165) is 5.56 Å². The van der Waals surface area contributed by atoms with Crippen molar-refractivity contribution < 1.29 is 18.7 Å². The number of rotatable bonds is 4. The quantitative estimate of drug-likeness (QED) is 0.664. The topological polar surface area (TPSA) is 93.5 Å². The summed E-state index contributed by atoms with van der Waals surface area (Å²) in [5, 5.41) is 5.53. The maximum Gasteiger partial charge on any atom is 0.314 e. The average molecular weight is 386 g/mol. The zero-order valence-corrected chi connectivity index (χ0v) is 15.3. The Morgan fingerprint density at radius 1 is 1.07 bits per heavy atom. The molecular formula is C19H16ClN3O4. The number of anilines is 2. The number of halogens is 1. The molecule has 27 heavy (non-hydrogen) atoms. The molecule has 0 spiro atoms. The first kappa shape index (κ1) is 18.5. The molecule has 8 heteroatoms. The third kappa shape index (κ3) is 4.27. The minimum Gasteiger partial charge on any atom is -0.496 e. The summed E-state index contributed by atoms with van der Waals surface area (Å²) in [6, 6.07) is 9.93. The van der Waals surface area contributed by atoms with Crippen molar-refractivity contribution in [2.24, 2.45) is 0 Å². The number of nitrogens with zero attached hydrogens (tertiary/aromatic N) is 1. The molecule has 0 aliphatic rings. The summed E-state index contributed by atoms with van der Waals surface area (Å²) >= 11 is 6.02. The lowest BCUT2D eigenvalue weighted by molar-refractivity contribution is -0.132. The summed E-state index contributed by atoms with van der Waals surface area (Å²) in [6.07, 6.45) is 2.86. The Hall–Kier alpha value is -3.32. The van der Waals surface area contributed by atoms with Crippen molar-refractivity contribution in [2.75, 3.05) is 17.7 Å². The van der Waals surface area contributed by atoms with Crippen LogP contribution < -0.4 is 15.4 Å². The Bertz CT molecular complexity index is 987. The van der Waals surface area contributed by atoms with Crippen molar-refractivity contribution in [3.63, 3.8) is 0 Å². The van der Waals surface area contributed by atoms with Crippen LogP contribution in [0.5, 0.6) is 5.75 Å². The highest BCUT2D eigenvalue weighted by molar-refractivity contribution is 6.43. The molecular weight excluding hydrogens is 370 g/mol. The maximum atomic E-state index is 12.2. The minimum atomic E-state index is -0.818. The molecule has 7 nitrogen and oxygen atoms in total. The second kappa shape index (κ2) is 7.92. The van der Waals surface area contributed by atoms with Gasteiger partial charge in [0.25, 0.3) is 0 Å². The lowest BCUT2D eigenvalue weighted by Gasteiger charge is -2.10. The molecule has 0 saturated carbocycles. The summed E-state index contributed by atoms with van der Waals surface area (Å²) in [5.41, 5.74) is 2.38. The number of ether oxygens (including phenoxy) is 1. The second-order valence-electron chi connectivity index (χ2n) is 5.65. The lowest BCUT2D eigenvalue weighted by Crippen LogP contribution is -2.29. The van der Waals surface area contributed by atoms with Gasteiger partial charge in [-0.2, -0.15) is 0 Å². The van der Waals surface area contributed by atoms with Crippen LogP contribution in [0, 0.1) is 6.92 Å². The van der Waals surface area contributed by atoms with Gasteiger partial charge < -0.3 is 19.8 Å². The first-order valence-corrected chi connectivity index (χ1v) is 8.31. The molecule has 2 amide bonds. The molecule has 3 rings (SSSR count). The Morgan fingerprint density at radius 3 is 2.33 bits per heavy atom. The van der Waals surface area contributed by atoms with Crippen LogP contribution >= 0.6 is 11.6 Å². The number of aryl methyl sites for hydroxylation is 1. The van der Waals surface area contributed by atoms with Crippen LogP contribution in [0.4, 0.5) is 11.4 Å². The van der Waals surface area contributed by atoms with Crippen LogP contribution in [-0.2, 0) is 9.59 Å². The monoisotopic (exact) mass is 385 g/mol. The van der Waals surface area contributed by atoms with Gasteiger partial charge >= 0.3 is 11.8 Å². The summed E-state index contributed by atoms with van der Waals surface area (Å²) in [7, 11) is 1.49. The Morgan fingerprint density at radius 2 is 1.74 bits per heavy atom. The van der Waals surface area contributed by atoms with E-state index in [1.54, 1.807) is 42.6 Å². The number of benzene rings is 2. The van der Waals surface area contributed by atoms with Crippen LogP contribution in [0.25, 0.3) is 11.3 Å². The lowest BCUT2D eigenvalue weighted by atomic mass is 10.1. The molecule has 0 aliphatic carbocycles. The van der Waals surface area contributed by atoms with Gasteiger partial charge in [-0.05, 0) is 36.8 Å². The van der Waals surface area contributed by atoms with Crippen LogP contribution in [0.2, 0.25) is 5.02 Å². The molecule has 0 radical (unpaired) electrons. The number of methoxy groups -OCH3 is 1. The van der Waals surface area contributed by atoms with Crippen molar-refractivity contribution in [1.82, 2.24) is 4.98 Å². The number of hydrogen-bond donors (Lipinski definition) is 2. The van der Waals surface area contributed by atoms with Crippen LogP contribution in [0.3, 0.4) is 0 Å². The van der Waals surface area contributed by atoms with Gasteiger partial charge in [-0.15, -0.1) is 0 Å². The van der Waals surface area contributed by atoms with Crippen molar-refractivity contribution in [2.45, 2.75) is 6.92 Å². The van der Waals surface area contributed by atoms with E-state index in [1.807, 2.05) is 6.92 Å². The predicted molar refractivity (Wildman–Crippen MR) is 102 cm³/mol. The largest absolute Gasteiger partial charge is 0.496 e. The van der Waals surface area contributed by atoms with E-state index in [1.165, 1.54) is 13.5 Å². The van der Waals surface area contributed by atoms with E-state index in [9.17, 15) is 9.59 Å². The molecule has 2 aromatic carbocycles. The summed E-state index contributed by atoms with van der Waals surface area (Å²) in [5.74, 6) is -0.636. The van der Waals surface area contributed by atoms with Gasteiger partial charge in [-0.1, -0.05) is 17.7 Å². The molecule has 1 heterocycles. The third-order valence-corrected chi connectivity index (χ3v) is 4.20. The van der Waals surface area contributed by atoms with E-state index in [2.05, 4.69) is 15.6 Å². The van der Waals surface area contributed by atoms with Gasteiger partial charge in [0.05, 0.1) is 18.9 Å². The fraction of sp³-hybridized carbons (Fsp3) is 0.105. The molecule has 2 N–H and O–H groups in total. The highest BCUT2D eigenvalue weighted by Gasteiger charge is 2.16. The first-order chi connectivity index (χ1) is 13.0. The highest BCUT2D eigenvalue weighted by atomic mass is 35.5. The van der Waals surface area contributed by atoms with Gasteiger partial charge in [0, 0.05) is 22.5 Å². The highest BCUT2D eigenvalue weighted by Crippen LogP contribution is 2.32. The third-order valence-electron chi connectivity index (χ3n) is 3.79.